The molecule has 2 aromatic heterocycles. The second kappa shape index (κ2) is 7.18. The van der Waals surface area contributed by atoms with E-state index in [0.717, 1.165) is 15.5 Å². The average Bonchev–Trinajstić information content (AvgIpc) is 2.56. The van der Waals surface area contributed by atoms with E-state index in [1.807, 2.05) is 24.3 Å². The Kier molecular flexibility index (Phi) is 4.81. The smallest absolute Gasteiger partial charge is 0.249 e. The van der Waals surface area contributed by atoms with Crippen LogP contribution >= 0.6 is 15.9 Å². The Bertz CT molecular complexity index is 926. The fourth-order valence-corrected chi connectivity index (χ4v) is 2.55. The lowest BCUT2D eigenvalue weighted by molar-refractivity contribution is -0.111. The van der Waals surface area contributed by atoms with Gasteiger partial charge in [0.15, 0.2) is 0 Å². The maximum atomic E-state index is 11.7. The number of halogens is 1. The quantitative estimate of drug-likeness (QED) is 0.664. The highest BCUT2D eigenvalue weighted by Gasteiger charge is 2.08. The summed E-state index contributed by atoms with van der Waals surface area (Å²) >= 11 is 3.44. The summed E-state index contributed by atoms with van der Waals surface area (Å²) in [7, 11) is 0. The average molecular weight is 384 g/mol. The van der Waals surface area contributed by atoms with Crippen molar-refractivity contribution >= 4 is 50.1 Å². The molecular weight excluding hydrogens is 370 g/mol. The van der Waals surface area contributed by atoms with Gasteiger partial charge in [0.2, 0.25) is 5.91 Å². The lowest BCUT2D eigenvalue weighted by Gasteiger charge is -2.09. The normalized spacial score (nSPS) is 10.9. The SMILES string of the molecule is C/C=C/C(=O)Nc1cc2c(Nc3cccc(Br)c3)ncnc2cn1. The third-order valence-corrected chi connectivity index (χ3v) is 3.67. The molecule has 1 aromatic carbocycles. The number of allylic oxidation sites excluding steroid dienone is 1. The van der Waals surface area contributed by atoms with Crippen LogP contribution in [0.15, 0.2) is 59.5 Å². The third-order valence-electron chi connectivity index (χ3n) is 3.18. The molecule has 120 valence electrons. The zero-order chi connectivity index (χ0) is 16.9. The predicted octanol–water partition coefficient (Wildman–Crippen LogP) is 4.05. The number of carbonyl (C=O) groups is 1. The first-order valence-corrected chi connectivity index (χ1v) is 8.02. The minimum absolute atomic E-state index is 0.234. The van der Waals surface area contributed by atoms with Gasteiger partial charge in [0, 0.05) is 15.5 Å². The molecule has 0 saturated heterocycles. The van der Waals surface area contributed by atoms with Crippen LogP contribution in [0.5, 0.6) is 0 Å². The molecule has 2 N–H and O–H groups in total. The summed E-state index contributed by atoms with van der Waals surface area (Å²) in [5, 5.41) is 6.73. The molecule has 7 heteroatoms. The van der Waals surface area contributed by atoms with Crippen LogP contribution in [0.3, 0.4) is 0 Å². The van der Waals surface area contributed by atoms with Crippen LogP contribution in [0, 0.1) is 0 Å². The van der Waals surface area contributed by atoms with Gasteiger partial charge in [-0.25, -0.2) is 15.0 Å². The van der Waals surface area contributed by atoms with E-state index in [4.69, 9.17) is 0 Å². The number of nitrogens with zero attached hydrogens (tertiary/aromatic N) is 3. The van der Waals surface area contributed by atoms with E-state index in [0.29, 0.717) is 17.2 Å². The summed E-state index contributed by atoms with van der Waals surface area (Å²) in [6.07, 6.45) is 6.19. The third kappa shape index (κ3) is 3.75. The Hall–Kier alpha value is -2.80. The van der Waals surface area contributed by atoms with Crippen LogP contribution in [0.2, 0.25) is 0 Å². The van der Waals surface area contributed by atoms with E-state index in [2.05, 4.69) is 41.5 Å². The minimum atomic E-state index is -0.234. The van der Waals surface area contributed by atoms with Crippen LogP contribution in [-0.4, -0.2) is 20.9 Å². The van der Waals surface area contributed by atoms with Gasteiger partial charge in [-0.2, -0.15) is 0 Å². The van der Waals surface area contributed by atoms with Gasteiger partial charge in [-0.15, -0.1) is 0 Å². The molecule has 3 aromatic rings. The van der Waals surface area contributed by atoms with Crippen molar-refractivity contribution in [3.8, 4) is 0 Å². The maximum Gasteiger partial charge on any atom is 0.249 e. The van der Waals surface area contributed by atoms with Gasteiger partial charge in [0.05, 0.1) is 11.7 Å². The standard InChI is InChI=1S/C17H14BrN5O/c1-2-4-16(24)23-15-8-13-14(9-19-15)20-10-21-17(13)22-12-6-3-5-11(18)7-12/h2-10H,1H3,(H,19,23,24)(H,20,21,22)/b4-2+. The summed E-state index contributed by atoms with van der Waals surface area (Å²) in [6.45, 7) is 1.78. The number of nitrogens with one attached hydrogen (secondary N) is 2. The Balaban J connectivity index is 1.96. The van der Waals surface area contributed by atoms with Crippen LogP contribution in [0.4, 0.5) is 17.3 Å². The lowest BCUT2D eigenvalue weighted by atomic mass is 10.2. The first-order valence-electron chi connectivity index (χ1n) is 7.23. The van der Waals surface area contributed by atoms with Gasteiger partial charge in [-0.05, 0) is 37.3 Å². The van der Waals surface area contributed by atoms with Crippen LogP contribution in [0.1, 0.15) is 6.92 Å². The molecular formula is C17H14BrN5O. The fraction of sp³-hybridized carbons (Fsp3) is 0.0588. The van der Waals surface area contributed by atoms with Crippen molar-refractivity contribution in [2.75, 3.05) is 10.6 Å². The molecule has 0 bridgehead atoms. The van der Waals surface area contributed by atoms with Crippen molar-refractivity contribution < 1.29 is 4.79 Å². The zero-order valence-corrected chi connectivity index (χ0v) is 14.4. The van der Waals surface area contributed by atoms with Crippen molar-refractivity contribution in [1.29, 1.82) is 0 Å². The second-order valence-electron chi connectivity index (χ2n) is 4.93. The Morgan fingerprint density at radius 2 is 2.08 bits per heavy atom. The van der Waals surface area contributed by atoms with Gasteiger partial charge in [0.1, 0.15) is 18.0 Å². The number of carbonyl (C=O) groups excluding carboxylic acids is 1. The second-order valence-corrected chi connectivity index (χ2v) is 5.85. The van der Waals surface area contributed by atoms with E-state index < -0.39 is 0 Å². The molecule has 1 amide bonds. The fourth-order valence-electron chi connectivity index (χ4n) is 2.15. The van der Waals surface area contributed by atoms with Crippen LogP contribution in [0.25, 0.3) is 10.9 Å². The zero-order valence-electron chi connectivity index (χ0n) is 12.8. The van der Waals surface area contributed by atoms with Crippen molar-refractivity contribution in [1.82, 2.24) is 15.0 Å². The Morgan fingerprint density at radius 3 is 2.88 bits per heavy atom. The van der Waals surface area contributed by atoms with Crippen LogP contribution < -0.4 is 10.6 Å². The molecule has 2 heterocycles. The van der Waals surface area contributed by atoms with Crippen molar-refractivity contribution in [3.63, 3.8) is 0 Å². The highest BCUT2D eigenvalue weighted by Crippen LogP contribution is 2.25. The molecule has 0 spiro atoms. The van der Waals surface area contributed by atoms with Gasteiger partial charge in [-0.1, -0.05) is 28.1 Å². The van der Waals surface area contributed by atoms with Crippen LogP contribution in [-0.2, 0) is 4.79 Å². The number of pyridine rings is 1. The lowest BCUT2D eigenvalue weighted by Crippen LogP contribution is -2.09. The number of benzene rings is 1. The molecule has 0 unspecified atom stereocenters. The topological polar surface area (TPSA) is 79.8 Å². The van der Waals surface area contributed by atoms with Crippen molar-refractivity contribution in [3.05, 3.63) is 59.5 Å². The van der Waals surface area contributed by atoms with Crippen molar-refractivity contribution in [2.24, 2.45) is 0 Å². The molecule has 3 rings (SSSR count). The number of hydrogen-bond donors (Lipinski definition) is 2. The highest BCUT2D eigenvalue weighted by atomic mass is 79.9. The number of rotatable bonds is 4. The van der Waals surface area contributed by atoms with E-state index in [1.165, 1.54) is 12.4 Å². The molecule has 0 saturated carbocycles. The molecule has 0 aliphatic heterocycles. The van der Waals surface area contributed by atoms with E-state index >= 15 is 0 Å². The largest absolute Gasteiger partial charge is 0.340 e. The molecule has 0 atom stereocenters. The summed E-state index contributed by atoms with van der Waals surface area (Å²) in [4.78, 5) is 24.4. The van der Waals surface area contributed by atoms with E-state index in [1.54, 1.807) is 25.3 Å². The van der Waals surface area contributed by atoms with Crippen molar-refractivity contribution in [2.45, 2.75) is 6.92 Å². The molecule has 0 aliphatic carbocycles. The number of amides is 1. The summed E-state index contributed by atoms with van der Waals surface area (Å²) in [6, 6.07) is 9.51. The van der Waals surface area contributed by atoms with Gasteiger partial charge >= 0.3 is 0 Å². The number of anilines is 3. The van der Waals surface area contributed by atoms with E-state index in [-0.39, 0.29) is 5.91 Å². The number of aromatic nitrogens is 3. The first-order chi connectivity index (χ1) is 11.7. The first kappa shape index (κ1) is 16.1. The van der Waals surface area contributed by atoms with Gasteiger partial charge in [-0.3, -0.25) is 4.79 Å². The number of fused-ring (bicyclic) bond motifs is 1. The summed E-state index contributed by atoms with van der Waals surface area (Å²) < 4.78 is 0.965. The minimum Gasteiger partial charge on any atom is -0.340 e. The highest BCUT2D eigenvalue weighted by molar-refractivity contribution is 9.10. The Labute approximate surface area is 147 Å². The molecule has 0 radical (unpaired) electrons. The summed E-state index contributed by atoms with van der Waals surface area (Å²) in [5.74, 6) is 0.849. The monoisotopic (exact) mass is 383 g/mol. The molecule has 0 aliphatic rings. The maximum absolute atomic E-state index is 11.7. The number of hydrogen-bond acceptors (Lipinski definition) is 5. The van der Waals surface area contributed by atoms with E-state index in [9.17, 15) is 4.79 Å². The van der Waals surface area contributed by atoms with Gasteiger partial charge < -0.3 is 10.6 Å². The molecule has 6 nitrogen and oxygen atoms in total. The Morgan fingerprint density at radius 1 is 1.21 bits per heavy atom. The van der Waals surface area contributed by atoms with Gasteiger partial charge in [0.25, 0.3) is 0 Å². The predicted molar refractivity (Wildman–Crippen MR) is 98.2 cm³/mol. The molecule has 0 fully saturated rings. The molecule has 24 heavy (non-hydrogen) atoms. The summed E-state index contributed by atoms with van der Waals surface area (Å²) in [5.41, 5.74) is 1.58.